The van der Waals surface area contributed by atoms with E-state index in [0.29, 0.717) is 54.3 Å². The molecule has 6 rings (SSSR count). The third kappa shape index (κ3) is 4.07. The first-order valence-corrected chi connectivity index (χ1v) is 14.5. The zero-order chi connectivity index (χ0) is 28.9. The van der Waals surface area contributed by atoms with Gasteiger partial charge in [-0.25, -0.2) is 9.88 Å². The Hall–Kier alpha value is -4.03. The van der Waals surface area contributed by atoms with Gasteiger partial charge in [0.1, 0.15) is 0 Å². The standard InChI is InChI=1S/C32H35N5O4/c1-5-31-14-15-32(41-31,16-17-40-25-18-20(4)34-30(35-25)36(6-2)7-3)27-26(31)28(38)37(29(27)39)24-13-12-21(19-33)22-10-8-9-11-23(22)24/h8-13,18,26-27H,5-7,14-17H2,1-4H3. The summed E-state index contributed by atoms with van der Waals surface area (Å²) in [7, 11) is 0. The summed E-state index contributed by atoms with van der Waals surface area (Å²) in [5, 5.41) is 11.1. The number of ether oxygens (including phenoxy) is 2. The number of nitriles is 1. The fourth-order valence-electron chi connectivity index (χ4n) is 7.29. The van der Waals surface area contributed by atoms with Crippen molar-refractivity contribution < 1.29 is 19.1 Å². The summed E-state index contributed by atoms with van der Waals surface area (Å²) in [5.74, 6) is -0.447. The molecule has 2 bridgehead atoms. The number of nitrogens with zero attached hydrogens (tertiary/aromatic N) is 5. The van der Waals surface area contributed by atoms with Crippen molar-refractivity contribution >= 4 is 34.2 Å². The number of benzene rings is 2. The number of rotatable bonds is 9. The fraction of sp³-hybridized carbons (Fsp3) is 0.469. The first kappa shape index (κ1) is 27.2. The minimum Gasteiger partial charge on any atom is -0.477 e. The third-order valence-corrected chi connectivity index (χ3v) is 9.32. The molecule has 41 heavy (non-hydrogen) atoms. The summed E-state index contributed by atoms with van der Waals surface area (Å²) in [6.45, 7) is 9.96. The molecule has 0 saturated carbocycles. The molecule has 0 spiro atoms. The largest absolute Gasteiger partial charge is 0.477 e. The van der Waals surface area contributed by atoms with Crippen LogP contribution < -0.4 is 14.5 Å². The number of carbonyl (C=O) groups is 2. The van der Waals surface area contributed by atoms with Crippen LogP contribution in [0.1, 0.15) is 57.7 Å². The smallest absolute Gasteiger partial charge is 0.240 e. The highest BCUT2D eigenvalue weighted by Gasteiger charge is 2.74. The topological polar surface area (TPSA) is 109 Å². The summed E-state index contributed by atoms with van der Waals surface area (Å²) >= 11 is 0. The number of carbonyl (C=O) groups excluding carboxylic acids is 2. The Kier molecular flexibility index (Phi) is 6.69. The Labute approximate surface area is 240 Å². The van der Waals surface area contributed by atoms with Crippen molar-refractivity contribution in [3.8, 4) is 11.9 Å². The van der Waals surface area contributed by atoms with Crippen molar-refractivity contribution in [2.75, 3.05) is 29.5 Å². The monoisotopic (exact) mass is 553 g/mol. The molecule has 1 aromatic heterocycles. The van der Waals surface area contributed by atoms with Crippen molar-refractivity contribution in [1.82, 2.24) is 9.97 Å². The van der Waals surface area contributed by atoms with E-state index in [0.717, 1.165) is 30.6 Å². The van der Waals surface area contributed by atoms with Crippen LogP contribution in [0.3, 0.4) is 0 Å². The summed E-state index contributed by atoms with van der Waals surface area (Å²) in [6.07, 6.45) is 2.54. The van der Waals surface area contributed by atoms with Gasteiger partial charge in [-0.1, -0.05) is 31.2 Å². The van der Waals surface area contributed by atoms with Gasteiger partial charge < -0.3 is 14.4 Å². The van der Waals surface area contributed by atoms with Gasteiger partial charge in [-0.3, -0.25) is 9.59 Å². The molecule has 0 aliphatic carbocycles. The Morgan fingerprint density at radius 1 is 1.02 bits per heavy atom. The second-order valence-corrected chi connectivity index (χ2v) is 11.3. The van der Waals surface area contributed by atoms with Crippen LogP contribution in [0.4, 0.5) is 11.6 Å². The Balaban J connectivity index is 1.30. The maximum absolute atomic E-state index is 14.2. The second kappa shape index (κ2) is 10.1. The van der Waals surface area contributed by atoms with E-state index >= 15 is 0 Å². The molecule has 212 valence electrons. The second-order valence-electron chi connectivity index (χ2n) is 11.3. The quantitative estimate of drug-likeness (QED) is 0.343. The van der Waals surface area contributed by atoms with Gasteiger partial charge >= 0.3 is 0 Å². The van der Waals surface area contributed by atoms with Gasteiger partial charge in [0.25, 0.3) is 0 Å². The van der Waals surface area contributed by atoms with Gasteiger partial charge in [-0.05, 0) is 52.2 Å². The van der Waals surface area contributed by atoms with Crippen LogP contribution in [0.5, 0.6) is 5.88 Å². The number of amides is 2. The van der Waals surface area contributed by atoms with E-state index in [1.807, 2.05) is 44.2 Å². The van der Waals surface area contributed by atoms with E-state index < -0.39 is 23.0 Å². The molecule has 3 aliphatic heterocycles. The van der Waals surface area contributed by atoms with Crippen LogP contribution in [0, 0.1) is 30.1 Å². The molecule has 2 amide bonds. The Morgan fingerprint density at radius 3 is 2.39 bits per heavy atom. The van der Waals surface area contributed by atoms with Crippen LogP contribution in [0.25, 0.3) is 10.8 Å². The molecule has 4 heterocycles. The number of aryl methyl sites for hydroxylation is 1. The lowest BCUT2D eigenvalue weighted by molar-refractivity contribution is -0.132. The average molecular weight is 554 g/mol. The third-order valence-electron chi connectivity index (χ3n) is 9.32. The molecule has 4 atom stereocenters. The van der Waals surface area contributed by atoms with Crippen LogP contribution in [0.2, 0.25) is 0 Å². The SMILES string of the molecule is CCN(CC)c1nc(C)cc(OCCC23CCC(CC)(O2)C2C(=O)N(c4ccc(C#N)c5ccccc45)C(=O)C23)n1. The molecule has 3 aromatic rings. The molecular formula is C32H35N5O4. The molecular weight excluding hydrogens is 518 g/mol. The molecule has 3 fully saturated rings. The molecule has 3 saturated heterocycles. The lowest BCUT2D eigenvalue weighted by Crippen LogP contribution is -2.43. The number of imide groups is 1. The summed E-state index contributed by atoms with van der Waals surface area (Å²) in [4.78, 5) is 40.9. The minimum atomic E-state index is -0.783. The number of fused-ring (bicyclic) bond motifs is 6. The predicted molar refractivity (Wildman–Crippen MR) is 155 cm³/mol. The van der Waals surface area contributed by atoms with E-state index in [1.165, 1.54) is 4.90 Å². The number of aromatic nitrogens is 2. The van der Waals surface area contributed by atoms with Gasteiger partial charge in [-0.2, -0.15) is 10.2 Å². The van der Waals surface area contributed by atoms with Crippen molar-refractivity contribution in [1.29, 1.82) is 5.26 Å². The van der Waals surface area contributed by atoms with Gasteiger partial charge in [0, 0.05) is 42.0 Å². The average Bonchev–Trinajstić information content (AvgIpc) is 3.59. The lowest BCUT2D eigenvalue weighted by atomic mass is 9.66. The van der Waals surface area contributed by atoms with E-state index in [2.05, 4.69) is 34.8 Å². The lowest BCUT2D eigenvalue weighted by Gasteiger charge is -2.31. The number of anilines is 2. The highest BCUT2D eigenvalue weighted by molar-refractivity contribution is 6.26. The molecule has 2 aromatic carbocycles. The summed E-state index contributed by atoms with van der Waals surface area (Å²) in [5.41, 5.74) is 0.404. The van der Waals surface area contributed by atoms with Gasteiger partial charge in [-0.15, -0.1) is 0 Å². The first-order chi connectivity index (χ1) is 19.8. The van der Waals surface area contributed by atoms with Gasteiger partial charge in [0.15, 0.2) is 0 Å². The van der Waals surface area contributed by atoms with Crippen LogP contribution in [-0.4, -0.2) is 52.7 Å². The van der Waals surface area contributed by atoms with E-state index in [9.17, 15) is 14.9 Å². The van der Waals surface area contributed by atoms with Crippen molar-refractivity contribution in [2.45, 2.75) is 64.6 Å². The van der Waals surface area contributed by atoms with E-state index in [-0.39, 0.29) is 11.8 Å². The maximum Gasteiger partial charge on any atom is 0.240 e. The van der Waals surface area contributed by atoms with Gasteiger partial charge in [0.2, 0.25) is 23.6 Å². The summed E-state index contributed by atoms with van der Waals surface area (Å²) in [6, 6.07) is 14.9. The molecule has 0 N–H and O–H groups in total. The minimum absolute atomic E-state index is 0.213. The Morgan fingerprint density at radius 2 is 1.71 bits per heavy atom. The zero-order valence-corrected chi connectivity index (χ0v) is 24.0. The molecule has 3 aliphatic rings. The first-order valence-electron chi connectivity index (χ1n) is 14.5. The van der Waals surface area contributed by atoms with E-state index in [4.69, 9.17) is 9.47 Å². The van der Waals surface area contributed by atoms with E-state index in [1.54, 1.807) is 12.1 Å². The molecule has 0 radical (unpaired) electrons. The van der Waals surface area contributed by atoms with Crippen molar-refractivity contribution in [2.24, 2.45) is 11.8 Å². The van der Waals surface area contributed by atoms with Crippen LogP contribution in [0.15, 0.2) is 42.5 Å². The highest BCUT2D eigenvalue weighted by Crippen LogP contribution is 2.63. The fourth-order valence-corrected chi connectivity index (χ4v) is 7.29. The van der Waals surface area contributed by atoms with Crippen LogP contribution in [-0.2, 0) is 14.3 Å². The Bertz CT molecular complexity index is 1580. The highest BCUT2D eigenvalue weighted by atomic mass is 16.5. The molecule has 4 unspecified atom stereocenters. The maximum atomic E-state index is 14.2. The van der Waals surface area contributed by atoms with Crippen molar-refractivity contribution in [3.63, 3.8) is 0 Å². The predicted octanol–water partition coefficient (Wildman–Crippen LogP) is 4.94. The molecule has 9 heteroatoms. The van der Waals surface area contributed by atoms with Gasteiger partial charge in [0.05, 0.1) is 47.0 Å². The normalized spacial score (nSPS) is 26.5. The summed E-state index contributed by atoms with van der Waals surface area (Å²) < 4.78 is 12.9. The van der Waals surface area contributed by atoms with Crippen molar-refractivity contribution in [3.05, 3.63) is 53.7 Å². The number of hydrogen-bond acceptors (Lipinski definition) is 8. The van der Waals surface area contributed by atoms with Crippen LogP contribution >= 0.6 is 0 Å². The zero-order valence-electron chi connectivity index (χ0n) is 24.0. The molecule has 9 nitrogen and oxygen atoms in total. The number of hydrogen-bond donors (Lipinski definition) is 0.